The van der Waals surface area contributed by atoms with Crippen LogP contribution in [0.5, 0.6) is 0 Å². The van der Waals surface area contributed by atoms with Gasteiger partial charge in [-0.25, -0.2) is 5.90 Å². The molecular formula is C12H26N3O+. The van der Waals surface area contributed by atoms with E-state index in [4.69, 9.17) is 5.90 Å². The number of unbranched alkanes of at least 4 members (excludes halogenated alkanes) is 3. The van der Waals surface area contributed by atoms with E-state index in [2.05, 4.69) is 9.74 Å². The first-order valence-electron chi connectivity index (χ1n) is 6.74. The van der Waals surface area contributed by atoms with E-state index in [0.29, 0.717) is 0 Å². The Hall–Kier alpha value is -0.160. The van der Waals surface area contributed by atoms with Crippen molar-refractivity contribution in [1.29, 1.82) is 0 Å². The largest absolute Gasteiger partial charge is 0.320 e. The van der Waals surface area contributed by atoms with Crippen LogP contribution < -0.4 is 5.90 Å². The zero-order chi connectivity index (χ0) is 11.3. The van der Waals surface area contributed by atoms with Crippen LogP contribution in [0.25, 0.3) is 0 Å². The smallest absolute Gasteiger partial charge is 0.0916 e. The summed E-state index contributed by atoms with van der Waals surface area (Å²) < 4.78 is 1.41. The molecule has 16 heavy (non-hydrogen) atoms. The summed E-state index contributed by atoms with van der Waals surface area (Å²) in [6, 6.07) is 0. The molecule has 0 unspecified atom stereocenters. The third-order valence-corrected chi connectivity index (χ3v) is 4.32. The SMILES string of the molecule is NOCCCCCC[N+]12CCN(CC1)CC2. The van der Waals surface area contributed by atoms with E-state index in [1.54, 1.807) is 0 Å². The number of piperazine rings is 3. The number of nitrogens with two attached hydrogens (primary N) is 1. The summed E-state index contributed by atoms with van der Waals surface area (Å²) in [7, 11) is 0. The van der Waals surface area contributed by atoms with Crippen LogP contribution in [0, 0.1) is 0 Å². The number of fused-ring (bicyclic) bond motifs is 3. The summed E-state index contributed by atoms with van der Waals surface area (Å²) in [6.07, 6.45) is 5.10. The maximum absolute atomic E-state index is 5.00. The van der Waals surface area contributed by atoms with Crippen molar-refractivity contribution in [1.82, 2.24) is 4.90 Å². The molecule has 3 rings (SSSR count). The second-order valence-corrected chi connectivity index (χ2v) is 5.36. The summed E-state index contributed by atoms with van der Waals surface area (Å²) in [6.45, 7) is 10.3. The van der Waals surface area contributed by atoms with Crippen molar-refractivity contribution in [2.24, 2.45) is 5.90 Å². The van der Waals surface area contributed by atoms with Gasteiger partial charge in [0.15, 0.2) is 0 Å². The predicted octanol–water partition coefficient (Wildman–Crippen LogP) is 0.583. The molecule has 2 N–H and O–H groups in total. The number of hydrogen-bond donors (Lipinski definition) is 1. The number of hydrogen-bond acceptors (Lipinski definition) is 3. The maximum atomic E-state index is 5.00. The fourth-order valence-electron chi connectivity index (χ4n) is 3.05. The summed E-state index contributed by atoms with van der Waals surface area (Å²) in [4.78, 5) is 7.19. The van der Waals surface area contributed by atoms with E-state index in [-0.39, 0.29) is 0 Å². The minimum atomic E-state index is 0.717. The van der Waals surface area contributed by atoms with Crippen molar-refractivity contribution in [3.8, 4) is 0 Å². The topological polar surface area (TPSA) is 38.5 Å². The van der Waals surface area contributed by atoms with Gasteiger partial charge in [0.1, 0.15) is 0 Å². The van der Waals surface area contributed by atoms with Crippen LogP contribution in [0.15, 0.2) is 0 Å². The number of nitrogens with zero attached hydrogens (tertiary/aromatic N) is 2. The van der Waals surface area contributed by atoms with Gasteiger partial charge in [-0.05, 0) is 19.3 Å². The van der Waals surface area contributed by atoms with Crippen LogP contribution >= 0.6 is 0 Å². The Bertz CT molecular complexity index is 189. The van der Waals surface area contributed by atoms with E-state index in [1.807, 2.05) is 0 Å². The van der Waals surface area contributed by atoms with Gasteiger partial charge in [-0.1, -0.05) is 6.42 Å². The first kappa shape index (κ1) is 12.3. The second-order valence-electron chi connectivity index (χ2n) is 5.36. The molecular weight excluding hydrogens is 202 g/mol. The van der Waals surface area contributed by atoms with E-state index >= 15 is 0 Å². The zero-order valence-electron chi connectivity index (χ0n) is 10.4. The maximum Gasteiger partial charge on any atom is 0.0916 e. The van der Waals surface area contributed by atoms with Crippen LogP contribution in [-0.4, -0.2) is 61.8 Å². The fraction of sp³-hybridized carbons (Fsp3) is 1.00. The molecule has 3 aliphatic heterocycles. The summed E-state index contributed by atoms with van der Waals surface area (Å²) in [5, 5.41) is 0. The molecule has 0 aromatic carbocycles. The lowest BCUT2D eigenvalue weighted by Crippen LogP contribution is -2.67. The molecule has 0 aliphatic carbocycles. The van der Waals surface area contributed by atoms with E-state index in [9.17, 15) is 0 Å². The lowest BCUT2D eigenvalue weighted by atomic mass is 10.1. The van der Waals surface area contributed by atoms with Crippen molar-refractivity contribution in [3.63, 3.8) is 0 Å². The standard InChI is InChI=1S/C12H26N3O/c13-16-12-4-2-1-3-8-15-9-5-14(6-10-15)7-11-15/h1-13H2/q+1. The highest BCUT2D eigenvalue weighted by Gasteiger charge is 2.37. The van der Waals surface area contributed by atoms with Crippen LogP contribution in [0.3, 0.4) is 0 Å². The quantitative estimate of drug-likeness (QED) is 0.394. The van der Waals surface area contributed by atoms with Crippen LogP contribution in [-0.2, 0) is 4.84 Å². The number of quaternary nitrogens is 1. The zero-order valence-corrected chi connectivity index (χ0v) is 10.4. The van der Waals surface area contributed by atoms with Crippen LogP contribution in [0.2, 0.25) is 0 Å². The Morgan fingerprint density at radius 2 is 1.56 bits per heavy atom. The van der Waals surface area contributed by atoms with Gasteiger partial charge in [0.25, 0.3) is 0 Å². The minimum Gasteiger partial charge on any atom is -0.320 e. The molecule has 4 nitrogen and oxygen atoms in total. The highest BCUT2D eigenvalue weighted by atomic mass is 16.6. The second kappa shape index (κ2) is 5.96. The first-order chi connectivity index (χ1) is 7.85. The molecule has 0 radical (unpaired) electrons. The van der Waals surface area contributed by atoms with Gasteiger partial charge < -0.3 is 9.32 Å². The van der Waals surface area contributed by atoms with Gasteiger partial charge in [0.2, 0.25) is 0 Å². The Balaban J connectivity index is 1.58. The fourth-order valence-corrected chi connectivity index (χ4v) is 3.05. The molecule has 0 saturated carbocycles. The summed E-state index contributed by atoms with van der Waals surface area (Å²) >= 11 is 0. The van der Waals surface area contributed by atoms with Gasteiger partial charge in [-0.3, -0.25) is 4.90 Å². The third kappa shape index (κ3) is 3.17. The molecule has 0 aromatic rings. The Morgan fingerprint density at radius 1 is 0.938 bits per heavy atom. The lowest BCUT2D eigenvalue weighted by molar-refractivity contribution is -0.941. The highest BCUT2D eigenvalue weighted by Crippen LogP contribution is 2.20. The summed E-state index contributed by atoms with van der Waals surface area (Å²) in [5.41, 5.74) is 0. The van der Waals surface area contributed by atoms with Gasteiger partial charge in [-0.2, -0.15) is 0 Å². The van der Waals surface area contributed by atoms with Crippen LogP contribution in [0.4, 0.5) is 0 Å². The monoisotopic (exact) mass is 228 g/mol. The van der Waals surface area contributed by atoms with Crippen LogP contribution in [0.1, 0.15) is 25.7 Å². The van der Waals surface area contributed by atoms with Crippen molar-refractivity contribution >= 4 is 0 Å². The Labute approximate surface area is 98.9 Å². The molecule has 3 heterocycles. The minimum absolute atomic E-state index is 0.717. The molecule has 0 atom stereocenters. The Kier molecular flexibility index (Phi) is 4.58. The summed E-state index contributed by atoms with van der Waals surface area (Å²) in [5.74, 6) is 5.00. The third-order valence-electron chi connectivity index (χ3n) is 4.32. The molecule has 94 valence electrons. The van der Waals surface area contributed by atoms with Gasteiger partial charge in [-0.15, -0.1) is 0 Å². The van der Waals surface area contributed by atoms with Gasteiger partial charge in [0.05, 0.1) is 32.8 Å². The molecule has 0 aromatic heterocycles. The molecule has 3 aliphatic rings. The molecule has 0 amide bonds. The number of rotatable bonds is 7. The Morgan fingerprint density at radius 3 is 2.19 bits per heavy atom. The normalized spacial score (nSPS) is 33.2. The van der Waals surface area contributed by atoms with Crippen molar-refractivity contribution < 1.29 is 9.32 Å². The lowest BCUT2D eigenvalue weighted by Gasteiger charge is -2.50. The first-order valence-corrected chi connectivity index (χ1v) is 6.74. The average Bonchev–Trinajstić information content (AvgIpc) is 2.36. The van der Waals surface area contributed by atoms with Crippen molar-refractivity contribution in [2.75, 3.05) is 52.4 Å². The van der Waals surface area contributed by atoms with Crippen molar-refractivity contribution in [3.05, 3.63) is 0 Å². The van der Waals surface area contributed by atoms with Crippen molar-refractivity contribution in [2.45, 2.75) is 25.7 Å². The van der Waals surface area contributed by atoms with Gasteiger partial charge >= 0.3 is 0 Å². The van der Waals surface area contributed by atoms with E-state index < -0.39 is 0 Å². The molecule has 3 saturated heterocycles. The molecule has 4 heteroatoms. The van der Waals surface area contributed by atoms with E-state index in [0.717, 1.165) is 13.0 Å². The average molecular weight is 228 g/mol. The highest BCUT2D eigenvalue weighted by molar-refractivity contribution is 4.70. The molecule has 2 bridgehead atoms. The van der Waals surface area contributed by atoms with Gasteiger partial charge in [0, 0.05) is 19.6 Å². The molecule has 0 spiro atoms. The van der Waals surface area contributed by atoms with E-state index in [1.165, 1.54) is 69.6 Å². The predicted molar refractivity (Wildman–Crippen MR) is 64.8 cm³/mol. The molecule has 3 fully saturated rings.